The molecule has 0 saturated heterocycles. The fourth-order valence-corrected chi connectivity index (χ4v) is 4.87. The van der Waals surface area contributed by atoms with Crippen molar-refractivity contribution in [1.82, 2.24) is 9.97 Å². The zero-order valence-corrected chi connectivity index (χ0v) is 18.1. The highest BCUT2D eigenvalue weighted by atomic mass is 32.1. The van der Waals surface area contributed by atoms with Gasteiger partial charge in [-0.05, 0) is 73.8 Å². The summed E-state index contributed by atoms with van der Waals surface area (Å²) in [6.45, 7) is 0.990. The molecule has 0 fully saturated rings. The van der Waals surface area contributed by atoms with E-state index in [0.717, 1.165) is 60.9 Å². The second-order valence-corrected chi connectivity index (χ2v) is 8.92. The number of carboxylic acids is 1. The number of hydrogen-bond acceptors (Lipinski definition) is 5. The summed E-state index contributed by atoms with van der Waals surface area (Å²) in [6, 6.07) is 10.5. The third kappa shape index (κ3) is 5.88. The van der Waals surface area contributed by atoms with Crippen LogP contribution in [0.4, 0.5) is 10.2 Å². The van der Waals surface area contributed by atoms with Gasteiger partial charge >= 0.3 is 5.97 Å². The standard InChI is InChI=1S/C24H26FN3O2S/c25-19-6-1-4-17(12-19)18(14-23(29)30)13-21-15-31-22(27-21)8-2-7-20-10-9-16-5-3-11-26-24(16)28-20/h1,4,6,9-10,12,15,18H,2-3,5,7-8,11,13-14H2,(H,26,28)(H,29,30). The van der Waals surface area contributed by atoms with Gasteiger partial charge in [-0.25, -0.2) is 14.4 Å². The van der Waals surface area contributed by atoms with Gasteiger partial charge in [-0.1, -0.05) is 18.2 Å². The van der Waals surface area contributed by atoms with Gasteiger partial charge in [-0.2, -0.15) is 0 Å². The lowest BCUT2D eigenvalue weighted by molar-refractivity contribution is -0.137. The van der Waals surface area contributed by atoms with Crippen LogP contribution in [0.5, 0.6) is 0 Å². The third-order valence-electron chi connectivity index (χ3n) is 5.57. The van der Waals surface area contributed by atoms with Gasteiger partial charge in [-0.3, -0.25) is 4.79 Å². The van der Waals surface area contributed by atoms with E-state index in [1.54, 1.807) is 23.5 Å². The summed E-state index contributed by atoms with van der Waals surface area (Å²) in [5.74, 6) is -0.507. The van der Waals surface area contributed by atoms with Crippen LogP contribution in [-0.2, 0) is 30.5 Å². The van der Waals surface area contributed by atoms with Gasteiger partial charge in [-0.15, -0.1) is 11.3 Å². The molecular weight excluding hydrogens is 413 g/mol. The number of benzene rings is 1. The largest absolute Gasteiger partial charge is 0.481 e. The molecule has 1 aromatic carbocycles. The molecule has 1 unspecified atom stereocenters. The number of aromatic nitrogens is 2. The Balaban J connectivity index is 1.34. The van der Waals surface area contributed by atoms with Gasteiger partial charge in [0.05, 0.1) is 17.1 Å². The van der Waals surface area contributed by atoms with Crippen molar-refractivity contribution in [3.8, 4) is 0 Å². The lowest BCUT2D eigenvalue weighted by atomic mass is 9.91. The second-order valence-electron chi connectivity index (χ2n) is 7.98. The Morgan fingerprint density at radius 3 is 2.94 bits per heavy atom. The minimum absolute atomic E-state index is 0.0473. The van der Waals surface area contributed by atoms with Gasteiger partial charge in [0.1, 0.15) is 11.6 Å². The number of hydrogen-bond donors (Lipinski definition) is 2. The minimum atomic E-state index is -0.892. The molecule has 1 aliphatic heterocycles. The van der Waals surface area contributed by atoms with Crippen molar-refractivity contribution in [1.29, 1.82) is 0 Å². The van der Waals surface area contributed by atoms with Gasteiger partial charge in [0.2, 0.25) is 0 Å². The molecule has 0 bridgehead atoms. The molecule has 1 aliphatic rings. The first kappa shape index (κ1) is 21.4. The first-order chi connectivity index (χ1) is 15.1. The van der Waals surface area contributed by atoms with Crippen molar-refractivity contribution in [2.45, 2.75) is 50.9 Å². The number of nitrogens with one attached hydrogen (secondary N) is 1. The number of fused-ring (bicyclic) bond motifs is 1. The monoisotopic (exact) mass is 439 g/mol. The Morgan fingerprint density at radius 2 is 2.10 bits per heavy atom. The maximum Gasteiger partial charge on any atom is 0.303 e. The summed E-state index contributed by atoms with van der Waals surface area (Å²) in [6.07, 6.45) is 5.41. The number of aliphatic carboxylic acids is 1. The van der Waals surface area contributed by atoms with Crippen molar-refractivity contribution in [2.75, 3.05) is 11.9 Å². The first-order valence-electron chi connectivity index (χ1n) is 10.7. The van der Waals surface area contributed by atoms with Crippen LogP contribution in [-0.4, -0.2) is 27.6 Å². The molecule has 3 heterocycles. The Morgan fingerprint density at radius 1 is 1.19 bits per heavy atom. The number of aryl methyl sites for hydroxylation is 3. The smallest absolute Gasteiger partial charge is 0.303 e. The number of thiazole rings is 1. The number of carbonyl (C=O) groups is 1. The van der Waals surface area contributed by atoms with Crippen LogP contribution in [0.3, 0.4) is 0 Å². The van der Waals surface area contributed by atoms with Crippen LogP contribution in [0.1, 0.15) is 52.7 Å². The maximum atomic E-state index is 13.6. The third-order valence-corrected chi connectivity index (χ3v) is 6.53. The molecular formula is C24H26FN3O2S. The predicted molar refractivity (Wildman–Crippen MR) is 120 cm³/mol. The van der Waals surface area contributed by atoms with E-state index in [-0.39, 0.29) is 18.2 Å². The minimum Gasteiger partial charge on any atom is -0.481 e. The molecule has 0 spiro atoms. The van der Waals surface area contributed by atoms with Crippen LogP contribution < -0.4 is 5.32 Å². The maximum absolute atomic E-state index is 13.6. The van der Waals surface area contributed by atoms with Crippen LogP contribution in [0.2, 0.25) is 0 Å². The number of anilines is 1. The van der Waals surface area contributed by atoms with Gasteiger partial charge in [0, 0.05) is 17.6 Å². The fourth-order valence-electron chi connectivity index (χ4n) is 4.02. The van der Waals surface area contributed by atoms with Crippen LogP contribution in [0, 0.1) is 5.82 Å². The Bertz CT molecular complexity index is 1050. The van der Waals surface area contributed by atoms with Crippen molar-refractivity contribution >= 4 is 23.1 Å². The second kappa shape index (κ2) is 10.0. The number of nitrogens with zero attached hydrogens (tertiary/aromatic N) is 2. The van der Waals surface area contributed by atoms with E-state index in [1.807, 2.05) is 5.38 Å². The Labute approximate surface area is 185 Å². The molecule has 5 nitrogen and oxygen atoms in total. The molecule has 7 heteroatoms. The van der Waals surface area contributed by atoms with E-state index in [2.05, 4.69) is 17.4 Å². The SMILES string of the molecule is O=C(O)CC(Cc1csc(CCCc2ccc3c(n2)NCCC3)n1)c1cccc(F)c1. The molecule has 3 aromatic rings. The van der Waals surface area contributed by atoms with E-state index in [4.69, 9.17) is 9.97 Å². The molecule has 2 aromatic heterocycles. The summed E-state index contributed by atoms with van der Waals surface area (Å²) < 4.78 is 13.6. The summed E-state index contributed by atoms with van der Waals surface area (Å²) in [4.78, 5) is 20.8. The van der Waals surface area contributed by atoms with E-state index in [0.29, 0.717) is 12.0 Å². The summed E-state index contributed by atoms with van der Waals surface area (Å²) in [5.41, 5.74) is 3.96. The predicted octanol–water partition coefficient (Wildman–Crippen LogP) is 5.01. The zero-order chi connectivity index (χ0) is 21.6. The van der Waals surface area contributed by atoms with Crippen LogP contribution >= 0.6 is 11.3 Å². The quantitative estimate of drug-likeness (QED) is 0.490. The number of carboxylic acid groups (broad SMARTS) is 1. The molecule has 0 aliphatic carbocycles. The zero-order valence-electron chi connectivity index (χ0n) is 17.3. The van der Waals surface area contributed by atoms with Gasteiger partial charge < -0.3 is 10.4 Å². The summed E-state index contributed by atoms with van der Waals surface area (Å²) in [7, 11) is 0. The van der Waals surface area contributed by atoms with Crippen molar-refractivity contribution in [2.24, 2.45) is 0 Å². The number of rotatable bonds is 9. The topological polar surface area (TPSA) is 75.1 Å². The molecule has 0 radical (unpaired) electrons. The number of pyridine rings is 1. The summed E-state index contributed by atoms with van der Waals surface area (Å²) in [5, 5.41) is 15.7. The van der Waals surface area contributed by atoms with E-state index < -0.39 is 5.97 Å². The molecule has 4 rings (SSSR count). The van der Waals surface area contributed by atoms with Gasteiger partial charge in [0.25, 0.3) is 0 Å². The lowest BCUT2D eigenvalue weighted by Crippen LogP contribution is -2.14. The normalized spacial score (nSPS) is 14.0. The van der Waals surface area contributed by atoms with Gasteiger partial charge in [0.15, 0.2) is 0 Å². The Kier molecular flexibility index (Phi) is 6.92. The highest BCUT2D eigenvalue weighted by Crippen LogP contribution is 2.26. The highest BCUT2D eigenvalue weighted by molar-refractivity contribution is 7.09. The highest BCUT2D eigenvalue weighted by Gasteiger charge is 2.18. The first-order valence-corrected chi connectivity index (χ1v) is 11.6. The van der Waals surface area contributed by atoms with Crippen molar-refractivity contribution in [3.05, 3.63) is 75.1 Å². The Hall–Kier alpha value is -2.80. The molecule has 0 amide bonds. The summed E-state index contributed by atoms with van der Waals surface area (Å²) >= 11 is 1.60. The van der Waals surface area contributed by atoms with E-state index in [1.165, 1.54) is 17.7 Å². The van der Waals surface area contributed by atoms with E-state index >= 15 is 0 Å². The lowest BCUT2D eigenvalue weighted by Gasteiger charge is -2.17. The average Bonchev–Trinajstić information content (AvgIpc) is 3.20. The molecule has 1 atom stereocenters. The average molecular weight is 440 g/mol. The van der Waals surface area contributed by atoms with Crippen LogP contribution in [0.15, 0.2) is 41.8 Å². The van der Waals surface area contributed by atoms with E-state index in [9.17, 15) is 14.3 Å². The number of halogens is 1. The van der Waals surface area contributed by atoms with Crippen molar-refractivity contribution < 1.29 is 14.3 Å². The van der Waals surface area contributed by atoms with Crippen LogP contribution in [0.25, 0.3) is 0 Å². The fraction of sp³-hybridized carbons (Fsp3) is 0.375. The molecule has 162 valence electrons. The van der Waals surface area contributed by atoms with Crippen molar-refractivity contribution in [3.63, 3.8) is 0 Å². The molecule has 0 saturated carbocycles. The molecule has 2 N–H and O–H groups in total. The molecule has 31 heavy (non-hydrogen) atoms.